The lowest BCUT2D eigenvalue weighted by molar-refractivity contribution is -0.120. The first-order chi connectivity index (χ1) is 13.6. The van der Waals surface area contributed by atoms with Gasteiger partial charge in [0.1, 0.15) is 17.9 Å². The normalized spacial score (nSPS) is 11.1. The van der Waals surface area contributed by atoms with Crippen LogP contribution < -0.4 is 5.32 Å². The second-order valence-electron chi connectivity index (χ2n) is 6.51. The molecule has 0 aliphatic carbocycles. The monoisotopic (exact) mass is 378 g/mol. The van der Waals surface area contributed by atoms with E-state index in [9.17, 15) is 9.18 Å². The molecule has 0 aliphatic heterocycles. The molecule has 0 unspecified atom stereocenters. The van der Waals surface area contributed by atoms with Gasteiger partial charge in [-0.25, -0.2) is 14.4 Å². The summed E-state index contributed by atoms with van der Waals surface area (Å²) in [5.74, 6) is 0.828. The number of hydrogen-bond acceptors (Lipinski definition) is 4. The number of carbonyl (C=O) groups excluding carboxylic acids is 1. The van der Waals surface area contributed by atoms with Crippen LogP contribution in [0.4, 0.5) is 4.39 Å². The number of rotatable bonds is 6. The predicted molar refractivity (Wildman–Crippen MR) is 103 cm³/mol. The summed E-state index contributed by atoms with van der Waals surface area (Å²) in [6, 6.07) is 14.1. The molecule has 1 amide bonds. The van der Waals surface area contributed by atoms with E-state index in [1.807, 2.05) is 41.9 Å². The second-order valence-corrected chi connectivity index (χ2v) is 6.51. The number of nitrogens with one attached hydrogen (secondary N) is 1. The van der Waals surface area contributed by atoms with Crippen molar-refractivity contribution in [1.82, 2.24) is 19.9 Å². The number of aryl methyl sites for hydroxylation is 1. The number of carbonyl (C=O) groups is 1. The fraction of sp³-hybridized carbons (Fsp3) is 0.190. The van der Waals surface area contributed by atoms with Gasteiger partial charge in [-0.05, 0) is 24.3 Å². The summed E-state index contributed by atoms with van der Waals surface area (Å²) in [7, 11) is 1.88. The van der Waals surface area contributed by atoms with Crippen LogP contribution in [0.2, 0.25) is 0 Å². The number of benzene rings is 2. The minimum Gasteiger partial charge on any atom is -0.444 e. The van der Waals surface area contributed by atoms with Crippen LogP contribution in [0.25, 0.3) is 22.5 Å². The fourth-order valence-corrected chi connectivity index (χ4v) is 3.09. The van der Waals surface area contributed by atoms with Crippen LogP contribution in [0.3, 0.4) is 0 Å². The van der Waals surface area contributed by atoms with E-state index in [2.05, 4.69) is 15.3 Å². The van der Waals surface area contributed by atoms with Crippen molar-refractivity contribution in [2.75, 3.05) is 6.54 Å². The van der Waals surface area contributed by atoms with Crippen LogP contribution in [0.15, 0.2) is 59.2 Å². The third-order valence-electron chi connectivity index (χ3n) is 4.52. The summed E-state index contributed by atoms with van der Waals surface area (Å²) in [6.45, 7) is 0.432. The molecular formula is C21H19FN4O2. The first-order valence-electron chi connectivity index (χ1n) is 8.97. The molecule has 28 heavy (non-hydrogen) atoms. The van der Waals surface area contributed by atoms with Crippen molar-refractivity contribution in [2.24, 2.45) is 7.05 Å². The molecule has 2 heterocycles. The molecule has 4 aromatic rings. The van der Waals surface area contributed by atoms with E-state index in [0.717, 1.165) is 16.9 Å². The Balaban J connectivity index is 1.33. The van der Waals surface area contributed by atoms with Crippen LogP contribution in [0.5, 0.6) is 0 Å². The second kappa shape index (κ2) is 7.64. The predicted octanol–water partition coefficient (Wildman–Crippen LogP) is 3.27. The summed E-state index contributed by atoms with van der Waals surface area (Å²) in [4.78, 5) is 21.0. The first-order valence-corrected chi connectivity index (χ1v) is 8.97. The number of halogens is 1. The highest BCUT2D eigenvalue weighted by atomic mass is 19.1. The Morgan fingerprint density at radius 1 is 1.18 bits per heavy atom. The highest BCUT2D eigenvalue weighted by Crippen LogP contribution is 2.18. The zero-order valence-electron chi connectivity index (χ0n) is 15.4. The van der Waals surface area contributed by atoms with E-state index in [-0.39, 0.29) is 18.1 Å². The molecular weight excluding hydrogens is 359 g/mol. The topological polar surface area (TPSA) is 73.0 Å². The van der Waals surface area contributed by atoms with Crippen molar-refractivity contribution in [3.8, 4) is 11.5 Å². The van der Waals surface area contributed by atoms with Gasteiger partial charge in [0.05, 0.1) is 23.1 Å². The molecule has 0 saturated heterocycles. The average Bonchev–Trinajstić information content (AvgIpc) is 3.27. The maximum Gasteiger partial charge on any atom is 0.226 e. The van der Waals surface area contributed by atoms with E-state index < -0.39 is 0 Å². The van der Waals surface area contributed by atoms with Gasteiger partial charge >= 0.3 is 0 Å². The maximum absolute atomic E-state index is 13.3. The van der Waals surface area contributed by atoms with Gasteiger partial charge in [0.2, 0.25) is 11.8 Å². The van der Waals surface area contributed by atoms with Crippen LogP contribution in [-0.2, 0) is 24.7 Å². The van der Waals surface area contributed by atoms with Gasteiger partial charge in [-0.2, -0.15) is 0 Å². The number of nitrogens with zero attached hydrogens (tertiary/aromatic N) is 3. The van der Waals surface area contributed by atoms with Gasteiger partial charge in [-0.3, -0.25) is 4.79 Å². The smallest absolute Gasteiger partial charge is 0.226 e. The molecule has 2 aromatic carbocycles. The van der Waals surface area contributed by atoms with Crippen molar-refractivity contribution in [3.05, 3.63) is 72.1 Å². The molecule has 0 saturated carbocycles. The van der Waals surface area contributed by atoms with Gasteiger partial charge < -0.3 is 14.3 Å². The number of fused-ring (bicyclic) bond motifs is 1. The first kappa shape index (κ1) is 17.9. The van der Waals surface area contributed by atoms with Crippen molar-refractivity contribution < 1.29 is 13.6 Å². The van der Waals surface area contributed by atoms with Gasteiger partial charge in [0, 0.05) is 31.6 Å². The molecule has 6 nitrogen and oxygen atoms in total. The highest BCUT2D eigenvalue weighted by Gasteiger charge is 2.12. The van der Waals surface area contributed by atoms with Crippen LogP contribution in [-0.4, -0.2) is 27.0 Å². The van der Waals surface area contributed by atoms with E-state index >= 15 is 0 Å². The Morgan fingerprint density at radius 2 is 2.00 bits per heavy atom. The van der Waals surface area contributed by atoms with E-state index in [4.69, 9.17) is 4.42 Å². The summed E-state index contributed by atoms with van der Waals surface area (Å²) in [5.41, 5.74) is 2.92. The number of oxazole rings is 1. The van der Waals surface area contributed by atoms with Crippen LogP contribution in [0.1, 0.15) is 11.5 Å². The average molecular weight is 378 g/mol. The largest absolute Gasteiger partial charge is 0.444 e. The van der Waals surface area contributed by atoms with E-state index in [1.165, 1.54) is 18.4 Å². The minimum absolute atomic E-state index is 0.141. The SMILES string of the molecule is Cn1c(CCNC(=O)Cc2coc(-c3ccccc3)n2)nc2cc(F)ccc21. The standard InChI is InChI=1S/C21H19FN4O2/c1-26-18-8-7-15(22)11-17(18)25-19(26)9-10-23-20(27)12-16-13-28-21(24-16)14-5-3-2-4-6-14/h2-8,11,13H,9-10,12H2,1H3,(H,23,27). The molecule has 0 fully saturated rings. The Labute approximate surface area is 161 Å². The molecule has 0 atom stereocenters. The molecule has 7 heteroatoms. The Hall–Kier alpha value is -3.48. The molecule has 4 rings (SSSR count). The Kier molecular flexibility index (Phi) is 4.89. The summed E-state index contributed by atoms with van der Waals surface area (Å²) < 4.78 is 20.7. The van der Waals surface area contributed by atoms with Crippen molar-refractivity contribution in [3.63, 3.8) is 0 Å². The molecule has 1 N–H and O–H groups in total. The number of hydrogen-bond donors (Lipinski definition) is 1. The Bertz CT molecular complexity index is 1120. The number of aromatic nitrogens is 3. The number of imidazole rings is 1. The zero-order valence-corrected chi connectivity index (χ0v) is 15.4. The van der Waals surface area contributed by atoms with Gasteiger partial charge in [-0.15, -0.1) is 0 Å². The highest BCUT2D eigenvalue weighted by molar-refractivity contribution is 5.78. The van der Waals surface area contributed by atoms with Gasteiger partial charge in [-0.1, -0.05) is 18.2 Å². The third-order valence-corrected chi connectivity index (χ3v) is 4.52. The van der Waals surface area contributed by atoms with Gasteiger partial charge in [0.15, 0.2) is 0 Å². The van der Waals surface area contributed by atoms with Crippen molar-refractivity contribution >= 4 is 16.9 Å². The molecule has 0 bridgehead atoms. The molecule has 2 aromatic heterocycles. The van der Waals surface area contributed by atoms with Crippen LogP contribution in [0, 0.1) is 5.82 Å². The lowest BCUT2D eigenvalue weighted by atomic mass is 10.2. The summed E-state index contributed by atoms with van der Waals surface area (Å²) in [6.07, 6.45) is 2.19. The third kappa shape index (κ3) is 3.78. The van der Waals surface area contributed by atoms with E-state index in [1.54, 1.807) is 6.07 Å². The number of amides is 1. The van der Waals surface area contributed by atoms with Crippen molar-refractivity contribution in [1.29, 1.82) is 0 Å². The minimum atomic E-state index is -0.312. The quantitative estimate of drug-likeness (QED) is 0.559. The summed E-state index contributed by atoms with van der Waals surface area (Å²) >= 11 is 0. The molecule has 0 aliphatic rings. The zero-order chi connectivity index (χ0) is 19.5. The molecule has 0 radical (unpaired) electrons. The van der Waals surface area contributed by atoms with E-state index in [0.29, 0.717) is 30.1 Å². The lowest BCUT2D eigenvalue weighted by Crippen LogP contribution is -2.27. The van der Waals surface area contributed by atoms with Crippen LogP contribution >= 0.6 is 0 Å². The van der Waals surface area contributed by atoms with Gasteiger partial charge in [0.25, 0.3) is 0 Å². The maximum atomic E-state index is 13.3. The molecule has 142 valence electrons. The summed E-state index contributed by atoms with van der Waals surface area (Å²) in [5, 5.41) is 2.86. The van der Waals surface area contributed by atoms with Crippen molar-refractivity contribution in [2.45, 2.75) is 12.8 Å². The lowest BCUT2D eigenvalue weighted by Gasteiger charge is -2.04. The Morgan fingerprint density at radius 3 is 2.82 bits per heavy atom. The fourth-order valence-electron chi connectivity index (χ4n) is 3.09. The molecule has 0 spiro atoms.